The van der Waals surface area contributed by atoms with Crippen molar-refractivity contribution in [3.8, 4) is 5.75 Å². The Morgan fingerprint density at radius 3 is 2.08 bits per heavy atom. The van der Waals surface area contributed by atoms with Gasteiger partial charge in [-0.25, -0.2) is 4.79 Å². The first kappa shape index (κ1) is 38.1. The molecule has 4 nitrogen and oxygen atoms in total. The molecule has 1 saturated heterocycles. The summed E-state index contributed by atoms with van der Waals surface area (Å²) in [6.07, 6.45) is 8.34. The summed E-state index contributed by atoms with van der Waals surface area (Å²) < 4.78 is 57.4. The molecule has 49 heavy (non-hydrogen) atoms. The van der Waals surface area contributed by atoms with Crippen LogP contribution in [0.5, 0.6) is 5.75 Å². The minimum atomic E-state index is -9.19. The third-order valence-corrected chi connectivity index (χ3v) is 8.62. The molecule has 260 valence electrons. The van der Waals surface area contributed by atoms with Crippen LogP contribution in [-0.4, -0.2) is 49.6 Å². The normalized spacial score (nSPS) is 16.2. The number of nitrogens with zero attached hydrogens (tertiary/aromatic N) is 2. The van der Waals surface area contributed by atoms with E-state index >= 15 is 0 Å². The van der Waals surface area contributed by atoms with Crippen LogP contribution >= 0.6 is 11.6 Å². The molecule has 0 aromatic heterocycles. The first-order chi connectivity index (χ1) is 22.6. The Hall–Kier alpha value is -3.75. The van der Waals surface area contributed by atoms with Gasteiger partial charge >= 0.3 is 40.3 Å². The molecule has 1 fully saturated rings. The standard InChI is InChI=1S/C37H36ClN2O2.6FH.Sb/c1-37(2)33-25-30(38)18-21-34(33)40(26-28-11-16-29(17-12-28)36(41)42-32-9-5-3-6-10-32)35(37)22-15-27-13-19-31(20-14-27)39-23-7-4-8-24-39;;;;;;;/h3,5-6,9-22,25H,4,7-8,23-24,26H2,1-2H3;6*1H;/q+1;;;;;;;+5/p-6. The SMILES string of the molecule is CC1(C)C(/C=C/c2ccc(N3CCCCC3)cc2)=[N+](Cc2ccc(C(=O)Oc3ccccc3)cc2)c2ccc(Cl)cc21.[F-].[F][Sb]([F])([F])([F])[F]. The molecule has 6 rings (SSSR count). The number of carbonyl (C=O) groups is 1. The maximum atomic E-state index is 12.7. The number of hydrogen-bond donors (Lipinski definition) is 0. The Morgan fingerprint density at radius 1 is 0.857 bits per heavy atom. The van der Waals surface area contributed by atoms with Crippen LogP contribution in [0.3, 0.4) is 0 Å². The number of piperidine rings is 1. The number of benzene rings is 4. The van der Waals surface area contributed by atoms with Gasteiger partial charge in [-0.05, 0) is 93.3 Å². The number of anilines is 1. The molecule has 0 unspecified atom stereocenters. The fraction of sp³-hybridized carbons (Fsp3) is 0.243. The van der Waals surface area contributed by atoms with Crippen molar-refractivity contribution in [2.24, 2.45) is 0 Å². The third-order valence-electron chi connectivity index (χ3n) is 8.39. The fourth-order valence-electron chi connectivity index (χ4n) is 6.02. The van der Waals surface area contributed by atoms with Crippen molar-refractivity contribution < 1.29 is 32.9 Å². The molecule has 0 saturated carbocycles. The van der Waals surface area contributed by atoms with Gasteiger partial charge in [-0.15, -0.1) is 0 Å². The Kier molecular flexibility index (Phi) is 12.0. The summed E-state index contributed by atoms with van der Waals surface area (Å²) in [5.74, 6) is 0.171. The molecule has 4 aromatic rings. The van der Waals surface area contributed by atoms with Crippen molar-refractivity contribution in [1.82, 2.24) is 0 Å². The van der Waals surface area contributed by atoms with E-state index in [9.17, 15) is 18.9 Å². The van der Waals surface area contributed by atoms with Gasteiger partial charge in [-0.1, -0.05) is 54.1 Å². The molecule has 4 aromatic carbocycles. The second-order valence-electron chi connectivity index (χ2n) is 12.3. The topological polar surface area (TPSA) is 32.5 Å². The monoisotopic (exact) mass is 810 g/mol. The zero-order valence-electron chi connectivity index (χ0n) is 26.9. The Balaban J connectivity index is 0.000000710. The summed E-state index contributed by atoms with van der Waals surface area (Å²) in [5, 5.41) is 0.738. The maximum absolute atomic E-state index is 12.7. The minimum absolute atomic E-state index is 0. The van der Waals surface area contributed by atoms with Gasteiger partial charge in [0.25, 0.3) is 0 Å². The predicted molar refractivity (Wildman–Crippen MR) is 184 cm³/mol. The molecule has 0 N–H and O–H groups in total. The third kappa shape index (κ3) is 10.6. The average Bonchev–Trinajstić information content (AvgIpc) is 3.24. The van der Waals surface area contributed by atoms with E-state index in [4.69, 9.17) is 16.3 Å². The quantitative estimate of drug-likeness (QED) is 0.0636. The molecular formula is C37H36ClF6N2O2Sb. The Morgan fingerprint density at radius 2 is 1.47 bits per heavy atom. The number of ether oxygens (including phenoxy) is 1. The molecule has 0 spiro atoms. The molecule has 0 radical (unpaired) electrons. The molecule has 0 aliphatic carbocycles. The Labute approximate surface area is 291 Å². The number of carbonyl (C=O) groups excluding carboxylic acids is 1. The van der Waals surface area contributed by atoms with Crippen molar-refractivity contribution >= 4 is 61.0 Å². The predicted octanol–water partition coefficient (Wildman–Crippen LogP) is 7.56. The van der Waals surface area contributed by atoms with Gasteiger partial charge in [-0.3, -0.25) is 0 Å². The van der Waals surface area contributed by atoms with Crippen LogP contribution in [0.25, 0.3) is 6.08 Å². The van der Waals surface area contributed by atoms with Crippen LogP contribution < -0.4 is 14.3 Å². The zero-order valence-corrected chi connectivity index (χ0v) is 30.2. The summed E-state index contributed by atoms with van der Waals surface area (Å²) in [6, 6.07) is 31.9. The van der Waals surface area contributed by atoms with E-state index in [1.165, 1.54) is 41.8 Å². The van der Waals surface area contributed by atoms with Crippen LogP contribution in [0, 0.1) is 0 Å². The van der Waals surface area contributed by atoms with Crippen LogP contribution in [0.4, 0.5) is 25.4 Å². The van der Waals surface area contributed by atoms with Crippen molar-refractivity contribution in [3.63, 3.8) is 0 Å². The summed E-state index contributed by atoms with van der Waals surface area (Å²) in [4.78, 5) is 15.2. The Bertz CT molecular complexity index is 1800. The van der Waals surface area contributed by atoms with E-state index in [1.807, 2.05) is 48.5 Å². The number of hydrogen-bond acceptors (Lipinski definition) is 3. The van der Waals surface area contributed by atoms with Crippen LogP contribution in [-0.2, 0) is 12.0 Å². The molecule has 2 heterocycles. The van der Waals surface area contributed by atoms with Crippen molar-refractivity contribution in [2.45, 2.75) is 45.1 Å². The van der Waals surface area contributed by atoms with Crippen molar-refractivity contribution in [3.05, 3.63) is 130 Å². The van der Waals surface area contributed by atoms with E-state index in [1.54, 1.807) is 12.1 Å². The van der Waals surface area contributed by atoms with Gasteiger partial charge in [0.1, 0.15) is 5.75 Å². The molecule has 2 aliphatic rings. The van der Waals surface area contributed by atoms with Gasteiger partial charge in [0.15, 0.2) is 12.3 Å². The molecule has 0 bridgehead atoms. The van der Waals surface area contributed by atoms with Gasteiger partial charge in [0, 0.05) is 47.1 Å². The first-order valence-electron chi connectivity index (χ1n) is 15.6. The van der Waals surface area contributed by atoms with Gasteiger partial charge in [0.2, 0.25) is 5.69 Å². The summed E-state index contributed by atoms with van der Waals surface area (Å²) in [6.45, 7) is 7.46. The molecular weight excluding hydrogens is 776 g/mol. The molecule has 2 aliphatic heterocycles. The second kappa shape index (κ2) is 15.4. The number of allylic oxidation sites excluding steroid dienone is 1. The first-order valence-corrected chi connectivity index (χ1v) is 20.8. The van der Waals surface area contributed by atoms with E-state index < -0.39 is 20.3 Å². The van der Waals surface area contributed by atoms with Gasteiger partial charge < -0.3 is 14.3 Å². The molecule has 12 heteroatoms. The molecule has 0 amide bonds. The van der Waals surface area contributed by atoms with E-state index in [0.29, 0.717) is 17.9 Å². The summed E-state index contributed by atoms with van der Waals surface area (Å²) in [7, 11) is 0. The number of esters is 1. The van der Waals surface area contributed by atoms with Crippen molar-refractivity contribution in [1.29, 1.82) is 0 Å². The van der Waals surface area contributed by atoms with E-state index in [-0.39, 0.29) is 16.1 Å². The number of fused-ring (bicyclic) bond motifs is 1. The van der Waals surface area contributed by atoms with Crippen LogP contribution in [0.15, 0.2) is 103 Å². The number of rotatable bonds is 7. The number of halogens is 7. The van der Waals surface area contributed by atoms with Crippen LogP contribution in [0.2, 0.25) is 5.02 Å². The molecule has 0 atom stereocenters. The van der Waals surface area contributed by atoms with Gasteiger partial charge in [-0.2, -0.15) is 4.58 Å². The second-order valence-corrected chi connectivity index (χ2v) is 16.4. The van der Waals surface area contributed by atoms with Gasteiger partial charge in [0.05, 0.1) is 11.0 Å². The summed E-state index contributed by atoms with van der Waals surface area (Å²) in [5.41, 5.74) is 7.43. The summed E-state index contributed by atoms with van der Waals surface area (Å²) >= 11 is -2.72. The van der Waals surface area contributed by atoms with Crippen LogP contribution in [0.1, 0.15) is 60.2 Å². The van der Waals surface area contributed by atoms with E-state index in [0.717, 1.165) is 29.4 Å². The number of para-hydroxylation sites is 1. The zero-order chi connectivity index (χ0) is 34.6. The fourth-order valence-corrected chi connectivity index (χ4v) is 6.20. The van der Waals surface area contributed by atoms with E-state index in [2.05, 4.69) is 71.9 Å². The van der Waals surface area contributed by atoms with Crippen molar-refractivity contribution in [2.75, 3.05) is 18.0 Å². The average molecular weight is 812 g/mol.